The third-order valence-electron chi connectivity index (χ3n) is 3.64. The number of thiophene rings is 1. The van der Waals surface area contributed by atoms with E-state index in [1.807, 2.05) is 42.6 Å². The van der Waals surface area contributed by atoms with Crippen molar-refractivity contribution >= 4 is 39.2 Å². The first kappa shape index (κ1) is 18.6. The van der Waals surface area contributed by atoms with Crippen LogP contribution in [-0.4, -0.2) is 41.0 Å². The molecule has 0 aliphatic carbocycles. The van der Waals surface area contributed by atoms with Gasteiger partial charge in [0.05, 0.1) is 23.4 Å². The van der Waals surface area contributed by atoms with Crippen LogP contribution in [0.3, 0.4) is 0 Å². The van der Waals surface area contributed by atoms with Crippen molar-refractivity contribution in [3.05, 3.63) is 52.1 Å². The predicted octanol–water partition coefficient (Wildman–Crippen LogP) is 2.69. The van der Waals surface area contributed by atoms with E-state index in [1.54, 1.807) is 17.7 Å². The van der Waals surface area contributed by atoms with Crippen LogP contribution in [0.5, 0.6) is 0 Å². The summed E-state index contributed by atoms with van der Waals surface area (Å²) < 4.78 is 6.58. The Morgan fingerprint density at radius 3 is 2.85 bits per heavy atom. The summed E-state index contributed by atoms with van der Waals surface area (Å²) in [5, 5.41) is 5.80. The Morgan fingerprint density at radius 1 is 1.35 bits per heavy atom. The molecule has 136 valence electrons. The number of thioether (sulfide) groups is 1. The van der Waals surface area contributed by atoms with Gasteiger partial charge in [0.15, 0.2) is 5.16 Å². The van der Waals surface area contributed by atoms with E-state index >= 15 is 0 Å². The van der Waals surface area contributed by atoms with E-state index in [0.29, 0.717) is 22.0 Å². The van der Waals surface area contributed by atoms with Crippen LogP contribution in [0.1, 0.15) is 6.92 Å². The molecule has 0 unspecified atom stereocenters. The lowest BCUT2D eigenvalue weighted by Gasteiger charge is -2.14. The van der Waals surface area contributed by atoms with E-state index in [4.69, 9.17) is 4.74 Å². The zero-order chi connectivity index (χ0) is 18.5. The lowest BCUT2D eigenvalue weighted by Crippen LogP contribution is -2.36. The first-order valence-electron chi connectivity index (χ1n) is 8.07. The molecule has 1 amide bonds. The molecule has 1 N–H and O–H groups in total. The van der Waals surface area contributed by atoms with Crippen LogP contribution in [0, 0.1) is 0 Å². The van der Waals surface area contributed by atoms with Crippen LogP contribution >= 0.6 is 23.1 Å². The van der Waals surface area contributed by atoms with Crippen molar-refractivity contribution in [2.45, 2.75) is 18.1 Å². The molecule has 0 radical (unpaired) electrons. The predicted molar refractivity (Wildman–Crippen MR) is 105 cm³/mol. The maximum atomic E-state index is 12.9. The maximum Gasteiger partial charge on any atom is 0.267 e. The second-order valence-corrected chi connectivity index (χ2v) is 7.56. The van der Waals surface area contributed by atoms with Gasteiger partial charge in [0.25, 0.3) is 5.56 Å². The Hall–Kier alpha value is -2.16. The minimum absolute atomic E-state index is 0.0721. The molecule has 0 saturated heterocycles. The second-order valence-electron chi connectivity index (χ2n) is 5.72. The van der Waals surface area contributed by atoms with E-state index in [1.165, 1.54) is 23.1 Å². The first-order chi connectivity index (χ1) is 12.6. The van der Waals surface area contributed by atoms with Crippen LogP contribution < -0.4 is 10.9 Å². The van der Waals surface area contributed by atoms with Gasteiger partial charge in [-0.25, -0.2) is 4.98 Å². The minimum atomic E-state index is -0.127. The van der Waals surface area contributed by atoms with Crippen LogP contribution in [0.2, 0.25) is 0 Å². The van der Waals surface area contributed by atoms with E-state index < -0.39 is 0 Å². The highest BCUT2D eigenvalue weighted by Gasteiger charge is 2.16. The number of aromatic nitrogens is 2. The minimum Gasteiger partial charge on any atom is -0.383 e. The molecule has 0 fully saturated rings. The zero-order valence-electron chi connectivity index (χ0n) is 14.5. The van der Waals surface area contributed by atoms with Gasteiger partial charge in [0.2, 0.25) is 5.91 Å². The monoisotopic (exact) mass is 389 g/mol. The van der Waals surface area contributed by atoms with Gasteiger partial charge < -0.3 is 10.1 Å². The number of methoxy groups -OCH3 is 1. The van der Waals surface area contributed by atoms with Crippen molar-refractivity contribution in [2.75, 3.05) is 19.5 Å². The maximum absolute atomic E-state index is 12.9. The number of benzene rings is 1. The Morgan fingerprint density at radius 2 is 2.12 bits per heavy atom. The normalized spacial score (nSPS) is 12.2. The van der Waals surface area contributed by atoms with Crippen molar-refractivity contribution in [3.8, 4) is 5.69 Å². The number of ether oxygens (including phenoxy) is 1. The molecule has 2 heterocycles. The first-order valence-corrected chi connectivity index (χ1v) is 9.93. The van der Waals surface area contributed by atoms with Gasteiger partial charge >= 0.3 is 0 Å². The van der Waals surface area contributed by atoms with Crippen LogP contribution in [0.15, 0.2) is 51.7 Å². The largest absolute Gasteiger partial charge is 0.383 e. The summed E-state index contributed by atoms with van der Waals surface area (Å²) in [6.07, 6.45) is 0. The molecule has 26 heavy (non-hydrogen) atoms. The summed E-state index contributed by atoms with van der Waals surface area (Å²) in [6, 6.07) is 11.0. The number of nitrogens with one attached hydrogen (secondary N) is 1. The van der Waals surface area contributed by atoms with Crippen molar-refractivity contribution in [1.29, 1.82) is 0 Å². The molecule has 0 saturated carbocycles. The molecule has 3 aromatic rings. The fraction of sp³-hybridized carbons (Fsp3) is 0.278. The number of hydrogen-bond donors (Lipinski definition) is 1. The second kappa shape index (κ2) is 8.48. The van der Waals surface area contributed by atoms with E-state index in [0.717, 1.165) is 5.69 Å². The van der Waals surface area contributed by atoms with E-state index in [2.05, 4.69) is 10.3 Å². The van der Waals surface area contributed by atoms with Gasteiger partial charge in [0, 0.05) is 13.2 Å². The number of hydrogen-bond acceptors (Lipinski definition) is 6. The van der Waals surface area contributed by atoms with Crippen molar-refractivity contribution < 1.29 is 9.53 Å². The van der Waals surface area contributed by atoms with Gasteiger partial charge in [-0.2, -0.15) is 0 Å². The number of fused-ring (bicyclic) bond motifs is 1. The Balaban J connectivity index is 1.90. The average molecular weight is 390 g/mol. The molecule has 3 rings (SSSR count). The lowest BCUT2D eigenvalue weighted by atomic mass is 10.3. The van der Waals surface area contributed by atoms with Crippen molar-refractivity contribution in [1.82, 2.24) is 14.9 Å². The Kier molecular flexibility index (Phi) is 6.08. The molecule has 6 nitrogen and oxygen atoms in total. The summed E-state index contributed by atoms with van der Waals surface area (Å²) in [5.41, 5.74) is 0.604. The van der Waals surface area contributed by atoms with Gasteiger partial charge in [0.1, 0.15) is 4.83 Å². The number of nitrogens with zero attached hydrogens (tertiary/aromatic N) is 2. The van der Waals surface area contributed by atoms with Crippen LogP contribution in [-0.2, 0) is 9.53 Å². The number of amides is 1. The van der Waals surface area contributed by atoms with Crippen LogP contribution in [0.25, 0.3) is 15.9 Å². The topological polar surface area (TPSA) is 73.2 Å². The molecular formula is C18H19N3O3S2. The molecule has 8 heteroatoms. The van der Waals surface area contributed by atoms with E-state index in [9.17, 15) is 9.59 Å². The Labute approximate surface area is 159 Å². The highest BCUT2D eigenvalue weighted by Crippen LogP contribution is 2.23. The molecule has 0 aliphatic rings. The Bertz CT molecular complexity index is 953. The molecular weight excluding hydrogens is 370 g/mol. The van der Waals surface area contributed by atoms with Gasteiger partial charge in [-0.3, -0.25) is 14.2 Å². The molecule has 0 aliphatic heterocycles. The summed E-state index contributed by atoms with van der Waals surface area (Å²) in [5.74, 6) is 0.0456. The summed E-state index contributed by atoms with van der Waals surface area (Å²) in [6.45, 7) is 2.33. The summed E-state index contributed by atoms with van der Waals surface area (Å²) in [7, 11) is 1.59. The highest BCUT2D eigenvalue weighted by molar-refractivity contribution is 7.99. The van der Waals surface area contributed by atoms with Crippen molar-refractivity contribution in [3.63, 3.8) is 0 Å². The highest BCUT2D eigenvalue weighted by atomic mass is 32.2. The SMILES string of the molecule is COC[C@H](C)NC(=O)CSc1nc2sccc2c(=O)n1-c1ccccc1. The standard InChI is InChI=1S/C18H19N3O3S2/c1-12(10-24-2)19-15(22)11-26-18-20-16-14(8-9-25-16)17(23)21(18)13-6-4-3-5-7-13/h3-9,12H,10-11H2,1-2H3,(H,19,22)/t12-/m0/s1. The molecule has 0 spiro atoms. The third-order valence-corrected chi connectivity index (χ3v) is 5.38. The molecule has 1 aromatic carbocycles. The molecule has 1 atom stereocenters. The van der Waals surface area contributed by atoms with Gasteiger partial charge in [-0.1, -0.05) is 30.0 Å². The van der Waals surface area contributed by atoms with Crippen molar-refractivity contribution in [2.24, 2.45) is 0 Å². The lowest BCUT2D eigenvalue weighted by molar-refractivity contribution is -0.119. The molecule has 2 aromatic heterocycles. The zero-order valence-corrected chi connectivity index (χ0v) is 16.1. The van der Waals surface area contributed by atoms with Gasteiger partial charge in [-0.15, -0.1) is 11.3 Å². The number of rotatable bonds is 7. The van der Waals surface area contributed by atoms with Crippen LogP contribution in [0.4, 0.5) is 0 Å². The summed E-state index contributed by atoms with van der Waals surface area (Å²) >= 11 is 2.66. The smallest absolute Gasteiger partial charge is 0.267 e. The number of carbonyl (C=O) groups is 1. The number of para-hydroxylation sites is 1. The fourth-order valence-electron chi connectivity index (χ4n) is 2.53. The molecule has 0 bridgehead atoms. The van der Waals surface area contributed by atoms with Gasteiger partial charge in [-0.05, 0) is 30.5 Å². The number of carbonyl (C=O) groups excluding carboxylic acids is 1. The fourth-order valence-corrected chi connectivity index (χ4v) is 4.16. The average Bonchev–Trinajstić information content (AvgIpc) is 3.10. The quantitative estimate of drug-likeness (QED) is 0.497. The van der Waals surface area contributed by atoms with E-state index in [-0.39, 0.29) is 23.3 Å². The third kappa shape index (κ3) is 4.14. The summed E-state index contributed by atoms with van der Waals surface area (Å²) in [4.78, 5) is 30.3.